The Balaban J connectivity index is 1.46. The van der Waals surface area contributed by atoms with Crippen molar-refractivity contribution in [3.63, 3.8) is 0 Å². The first kappa shape index (κ1) is 19.9. The number of hydrogen-bond acceptors (Lipinski definition) is 1. The Hall–Kier alpha value is -1.86. The van der Waals surface area contributed by atoms with Crippen molar-refractivity contribution < 1.29 is 4.74 Å². The fourth-order valence-corrected chi connectivity index (χ4v) is 4.19. The fourth-order valence-electron chi connectivity index (χ4n) is 4.19. The maximum atomic E-state index is 5.78. The van der Waals surface area contributed by atoms with Crippen molar-refractivity contribution in [1.29, 1.82) is 0 Å². The van der Waals surface area contributed by atoms with Crippen molar-refractivity contribution in [2.24, 2.45) is 0 Å². The van der Waals surface area contributed by atoms with E-state index in [1.807, 2.05) is 6.08 Å². The third-order valence-corrected chi connectivity index (χ3v) is 5.98. The second-order valence-electron chi connectivity index (χ2n) is 7.92. The lowest BCUT2D eigenvalue weighted by Crippen LogP contribution is -2.12. The summed E-state index contributed by atoms with van der Waals surface area (Å²) in [5.41, 5.74) is 5.51. The van der Waals surface area contributed by atoms with Gasteiger partial charge in [0.25, 0.3) is 0 Å². The van der Waals surface area contributed by atoms with Crippen molar-refractivity contribution in [2.45, 2.75) is 70.3 Å². The van der Waals surface area contributed by atoms with Crippen molar-refractivity contribution in [3.8, 4) is 0 Å². The van der Waals surface area contributed by atoms with E-state index in [4.69, 9.17) is 4.74 Å². The summed E-state index contributed by atoms with van der Waals surface area (Å²) >= 11 is 0. The van der Waals surface area contributed by atoms with E-state index in [0.29, 0.717) is 5.92 Å². The summed E-state index contributed by atoms with van der Waals surface area (Å²) in [5.74, 6) is 1.43. The minimum atomic E-state index is 0.716. The van der Waals surface area contributed by atoms with Gasteiger partial charge in [-0.2, -0.15) is 0 Å². The van der Waals surface area contributed by atoms with Gasteiger partial charge in [0.2, 0.25) is 0 Å². The lowest BCUT2D eigenvalue weighted by atomic mass is 9.76. The minimum Gasteiger partial charge on any atom is -0.377 e. The van der Waals surface area contributed by atoms with E-state index in [2.05, 4.69) is 62.0 Å². The largest absolute Gasteiger partial charge is 0.377 e. The molecule has 2 aromatic rings. The SMILES string of the molecule is C=Cc1ccc([C@H]2CC[C@H](c3ccc(COCCCCC)cc3)CC2)cc1. The maximum Gasteiger partial charge on any atom is 0.0716 e. The van der Waals surface area contributed by atoms with E-state index in [9.17, 15) is 0 Å². The standard InChI is InChI=1S/C26H34O/c1-3-5-6-19-27-20-22-9-13-24(14-10-22)26-17-15-25(16-18-26)23-11-7-21(4-2)8-12-23/h4,7-14,25-26H,2-3,5-6,15-20H2,1H3/t25-,26-. The van der Waals surface area contributed by atoms with Crippen LogP contribution in [-0.2, 0) is 11.3 Å². The number of hydrogen-bond donors (Lipinski definition) is 0. The fraction of sp³-hybridized carbons (Fsp3) is 0.462. The summed E-state index contributed by atoms with van der Waals surface area (Å²) in [6, 6.07) is 18.1. The highest BCUT2D eigenvalue weighted by atomic mass is 16.5. The topological polar surface area (TPSA) is 9.23 Å². The van der Waals surface area contributed by atoms with Gasteiger partial charge in [-0.05, 0) is 66.2 Å². The molecule has 1 aliphatic rings. The van der Waals surface area contributed by atoms with Crippen LogP contribution in [0.4, 0.5) is 0 Å². The van der Waals surface area contributed by atoms with Gasteiger partial charge >= 0.3 is 0 Å². The third-order valence-electron chi connectivity index (χ3n) is 5.98. The molecule has 0 aliphatic heterocycles. The first-order valence-corrected chi connectivity index (χ1v) is 10.7. The Morgan fingerprint density at radius 3 is 1.93 bits per heavy atom. The summed E-state index contributed by atoms with van der Waals surface area (Å²) in [7, 11) is 0. The van der Waals surface area contributed by atoms with Crippen LogP contribution in [0.3, 0.4) is 0 Å². The molecule has 27 heavy (non-hydrogen) atoms. The molecule has 1 nitrogen and oxygen atoms in total. The van der Waals surface area contributed by atoms with E-state index in [-0.39, 0.29) is 0 Å². The highest BCUT2D eigenvalue weighted by Crippen LogP contribution is 2.40. The Morgan fingerprint density at radius 1 is 0.852 bits per heavy atom. The summed E-state index contributed by atoms with van der Waals surface area (Å²) in [5, 5.41) is 0. The van der Waals surface area contributed by atoms with Gasteiger partial charge in [0.1, 0.15) is 0 Å². The van der Waals surface area contributed by atoms with E-state index < -0.39 is 0 Å². The Kier molecular flexibility index (Phi) is 7.71. The van der Waals surface area contributed by atoms with Gasteiger partial charge in [0.15, 0.2) is 0 Å². The van der Waals surface area contributed by atoms with Crippen LogP contribution in [0.5, 0.6) is 0 Å². The molecule has 1 saturated carbocycles. The van der Waals surface area contributed by atoms with Gasteiger partial charge in [0.05, 0.1) is 6.61 Å². The second kappa shape index (κ2) is 10.5. The molecule has 1 fully saturated rings. The molecule has 2 aromatic carbocycles. The van der Waals surface area contributed by atoms with E-state index in [0.717, 1.165) is 19.1 Å². The average molecular weight is 363 g/mol. The molecular formula is C26H34O. The monoisotopic (exact) mass is 362 g/mol. The summed E-state index contributed by atoms with van der Waals surface area (Å²) in [6.07, 6.45) is 10.8. The highest BCUT2D eigenvalue weighted by Gasteiger charge is 2.23. The van der Waals surface area contributed by atoms with Gasteiger partial charge in [-0.15, -0.1) is 0 Å². The van der Waals surface area contributed by atoms with Crippen molar-refractivity contribution in [3.05, 3.63) is 77.4 Å². The van der Waals surface area contributed by atoms with Crippen LogP contribution in [0.25, 0.3) is 6.08 Å². The number of benzene rings is 2. The molecule has 0 atom stereocenters. The summed E-state index contributed by atoms with van der Waals surface area (Å²) in [6.45, 7) is 7.70. The summed E-state index contributed by atoms with van der Waals surface area (Å²) < 4.78 is 5.78. The van der Waals surface area contributed by atoms with E-state index >= 15 is 0 Å². The quantitative estimate of drug-likeness (QED) is 0.420. The molecule has 3 rings (SSSR count). The Labute approximate surface area is 165 Å². The maximum absolute atomic E-state index is 5.78. The molecule has 0 amide bonds. The van der Waals surface area contributed by atoms with Crippen LogP contribution in [0.2, 0.25) is 0 Å². The van der Waals surface area contributed by atoms with E-state index in [1.165, 1.54) is 67.2 Å². The van der Waals surface area contributed by atoms with Crippen LogP contribution in [0.15, 0.2) is 55.1 Å². The highest BCUT2D eigenvalue weighted by molar-refractivity contribution is 5.47. The van der Waals surface area contributed by atoms with Gasteiger partial charge in [-0.3, -0.25) is 0 Å². The number of rotatable bonds is 9. The lowest BCUT2D eigenvalue weighted by molar-refractivity contribution is 0.117. The number of ether oxygens (including phenoxy) is 1. The molecule has 0 radical (unpaired) electrons. The summed E-state index contributed by atoms with van der Waals surface area (Å²) in [4.78, 5) is 0. The predicted molar refractivity (Wildman–Crippen MR) is 116 cm³/mol. The molecule has 144 valence electrons. The zero-order chi connectivity index (χ0) is 18.9. The zero-order valence-corrected chi connectivity index (χ0v) is 16.8. The van der Waals surface area contributed by atoms with Crippen LogP contribution in [0.1, 0.15) is 86.0 Å². The zero-order valence-electron chi connectivity index (χ0n) is 16.8. The van der Waals surface area contributed by atoms with Gasteiger partial charge in [-0.1, -0.05) is 81.0 Å². The van der Waals surface area contributed by atoms with Crippen LogP contribution in [-0.4, -0.2) is 6.61 Å². The molecular weight excluding hydrogens is 328 g/mol. The van der Waals surface area contributed by atoms with Crippen LogP contribution in [0, 0.1) is 0 Å². The predicted octanol–water partition coefficient (Wildman–Crippen LogP) is 7.48. The normalized spacial score (nSPS) is 19.7. The van der Waals surface area contributed by atoms with Crippen molar-refractivity contribution >= 4 is 6.08 Å². The molecule has 0 saturated heterocycles. The molecule has 0 heterocycles. The van der Waals surface area contributed by atoms with Gasteiger partial charge in [-0.25, -0.2) is 0 Å². The van der Waals surface area contributed by atoms with Crippen LogP contribution >= 0.6 is 0 Å². The molecule has 1 heteroatoms. The van der Waals surface area contributed by atoms with Crippen molar-refractivity contribution in [2.75, 3.05) is 6.61 Å². The molecule has 0 bridgehead atoms. The smallest absolute Gasteiger partial charge is 0.0716 e. The molecule has 0 aromatic heterocycles. The first-order valence-electron chi connectivity index (χ1n) is 10.7. The number of unbranched alkanes of at least 4 members (excludes halogenated alkanes) is 2. The average Bonchev–Trinajstić information content (AvgIpc) is 2.74. The Bertz CT molecular complexity index is 675. The first-order chi connectivity index (χ1) is 13.3. The second-order valence-corrected chi connectivity index (χ2v) is 7.92. The molecule has 1 aliphatic carbocycles. The van der Waals surface area contributed by atoms with Crippen LogP contribution < -0.4 is 0 Å². The third kappa shape index (κ3) is 5.81. The lowest BCUT2D eigenvalue weighted by Gasteiger charge is -2.29. The molecule has 0 unspecified atom stereocenters. The minimum absolute atomic E-state index is 0.716. The van der Waals surface area contributed by atoms with Crippen molar-refractivity contribution in [1.82, 2.24) is 0 Å². The van der Waals surface area contributed by atoms with E-state index in [1.54, 1.807) is 0 Å². The Morgan fingerprint density at radius 2 is 1.41 bits per heavy atom. The van der Waals surface area contributed by atoms with Gasteiger partial charge < -0.3 is 4.74 Å². The van der Waals surface area contributed by atoms with Gasteiger partial charge in [0, 0.05) is 6.61 Å². The molecule has 0 spiro atoms. The molecule has 0 N–H and O–H groups in total.